The molecule has 56 valence electrons. The van der Waals surface area contributed by atoms with E-state index in [9.17, 15) is 0 Å². The number of aliphatic hydroxyl groups is 1. The minimum absolute atomic E-state index is 0.435. The Labute approximate surface area is 59.5 Å². The summed E-state index contributed by atoms with van der Waals surface area (Å²) < 4.78 is 0. The summed E-state index contributed by atoms with van der Waals surface area (Å²) in [6.07, 6.45) is 5.25. The van der Waals surface area contributed by atoms with Crippen LogP contribution in [0.25, 0.3) is 0 Å². The maximum absolute atomic E-state index is 9.04. The Bertz CT molecular complexity index is 160. The molecule has 0 saturated heterocycles. The van der Waals surface area contributed by atoms with Gasteiger partial charge in [-0.25, -0.2) is 0 Å². The minimum Gasteiger partial charge on any atom is -0.389 e. The van der Waals surface area contributed by atoms with Gasteiger partial charge in [0, 0.05) is 6.42 Å². The summed E-state index contributed by atoms with van der Waals surface area (Å²) in [6.45, 7) is 0. The van der Waals surface area contributed by atoms with Crippen molar-refractivity contribution in [3.05, 3.63) is 24.0 Å². The molecule has 1 N–H and O–H groups in total. The number of allylic oxidation sites excluding steroid dienone is 2. The first kappa shape index (κ1) is 7.31. The fourth-order valence-corrected chi connectivity index (χ4v) is 0.802. The van der Waals surface area contributed by atoms with Crippen LogP contribution in [0, 0.1) is 0 Å². The molecule has 0 fully saturated rings. The van der Waals surface area contributed by atoms with Crippen molar-refractivity contribution in [2.45, 2.75) is 12.5 Å². The second-order valence-electron chi connectivity index (χ2n) is 2.04. The molecule has 1 aliphatic rings. The smallest absolute Gasteiger partial charge is 0.145 e. The highest BCUT2D eigenvalue weighted by atomic mass is 17.2. The minimum atomic E-state index is -0.435. The lowest BCUT2D eigenvalue weighted by Gasteiger charge is -2.11. The lowest BCUT2D eigenvalue weighted by atomic mass is 10.1. The molecule has 0 saturated carbocycles. The number of aliphatic hydroxyl groups excluding tert-OH is 1. The van der Waals surface area contributed by atoms with E-state index in [1.165, 1.54) is 7.11 Å². The first-order valence-electron chi connectivity index (χ1n) is 3.09. The third kappa shape index (κ3) is 1.86. The number of hydrogen-bond acceptors (Lipinski definition) is 3. The van der Waals surface area contributed by atoms with Crippen LogP contribution in [-0.2, 0) is 9.78 Å². The van der Waals surface area contributed by atoms with Crippen molar-refractivity contribution in [2.24, 2.45) is 0 Å². The molecule has 0 spiro atoms. The molecule has 1 atom stereocenters. The van der Waals surface area contributed by atoms with Crippen LogP contribution < -0.4 is 0 Å². The van der Waals surface area contributed by atoms with E-state index in [0.717, 1.165) is 0 Å². The van der Waals surface area contributed by atoms with Gasteiger partial charge in [0.1, 0.15) is 5.76 Å². The molecular formula is C7H10O3. The second-order valence-corrected chi connectivity index (χ2v) is 2.04. The fraction of sp³-hybridized carbons (Fsp3) is 0.429. The Morgan fingerprint density at radius 1 is 1.70 bits per heavy atom. The zero-order chi connectivity index (χ0) is 7.40. The summed E-state index contributed by atoms with van der Waals surface area (Å²) in [4.78, 5) is 9.12. The SMILES string of the molecule is COOC1=CC=CC(O)C1. The van der Waals surface area contributed by atoms with Gasteiger partial charge < -0.3 is 9.99 Å². The van der Waals surface area contributed by atoms with Crippen LogP contribution in [0.4, 0.5) is 0 Å². The highest BCUT2D eigenvalue weighted by Gasteiger charge is 2.08. The zero-order valence-electron chi connectivity index (χ0n) is 5.78. The molecule has 0 aromatic heterocycles. The van der Waals surface area contributed by atoms with Gasteiger partial charge in [0.05, 0.1) is 13.2 Å². The second kappa shape index (κ2) is 3.39. The average molecular weight is 142 g/mol. The summed E-state index contributed by atoms with van der Waals surface area (Å²) in [5.74, 6) is 0.650. The van der Waals surface area contributed by atoms with Crippen LogP contribution >= 0.6 is 0 Å². The van der Waals surface area contributed by atoms with Gasteiger partial charge in [-0.15, -0.1) is 0 Å². The summed E-state index contributed by atoms with van der Waals surface area (Å²) in [5, 5.41) is 9.04. The van der Waals surface area contributed by atoms with E-state index >= 15 is 0 Å². The zero-order valence-corrected chi connectivity index (χ0v) is 5.78. The summed E-state index contributed by atoms with van der Waals surface area (Å²) in [7, 11) is 1.44. The van der Waals surface area contributed by atoms with Gasteiger partial charge in [0.25, 0.3) is 0 Å². The van der Waals surface area contributed by atoms with Gasteiger partial charge in [-0.05, 0) is 6.08 Å². The molecule has 0 aromatic rings. The Balaban J connectivity index is 2.45. The first-order valence-corrected chi connectivity index (χ1v) is 3.09. The topological polar surface area (TPSA) is 38.7 Å². The lowest BCUT2D eigenvalue weighted by molar-refractivity contribution is -0.240. The molecule has 1 rings (SSSR count). The predicted octanol–water partition coefficient (Wildman–Crippen LogP) is 0.769. The molecule has 0 bridgehead atoms. The Morgan fingerprint density at radius 3 is 3.10 bits per heavy atom. The van der Waals surface area contributed by atoms with Gasteiger partial charge in [0.15, 0.2) is 0 Å². The number of hydrogen-bond donors (Lipinski definition) is 1. The van der Waals surface area contributed by atoms with Crippen LogP contribution in [0.15, 0.2) is 24.0 Å². The maximum Gasteiger partial charge on any atom is 0.145 e. The van der Waals surface area contributed by atoms with Crippen LogP contribution in [0.5, 0.6) is 0 Å². The van der Waals surface area contributed by atoms with Crippen molar-refractivity contribution in [1.82, 2.24) is 0 Å². The fourth-order valence-electron chi connectivity index (χ4n) is 0.802. The van der Waals surface area contributed by atoms with Crippen molar-refractivity contribution in [1.29, 1.82) is 0 Å². The van der Waals surface area contributed by atoms with E-state index in [4.69, 9.17) is 9.99 Å². The Morgan fingerprint density at radius 2 is 2.50 bits per heavy atom. The summed E-state index contributed by atoms with van der Waals surface area (Å²) in [5.41, 5.74) is 0. The largest absolute Gasteiger partial charge is 0.389 e. The van der Waals surface area contributed by atoms with E-state index in [-0.39, 0.29) is 0 Å². The normalized spacial score (nSPS) is 24.2. The molecule has 0 aliphatic heterocycles. The third-order valence-electron chi connectivity index (χ3n) is 1.22. The highest BCUT2D eigenvalue weighted by molar-refractivity contribution is 5.15. The molecular weight excluding hydrogens is 132 g/mol. The van der Waals surface area contributed by atoms with E-state index in [0.29, 0.717) is 12.2 Å². The molecule has 0 aromatic carbocycles. The van der Waals surface area contributed by atoms with E-state index in [1.807, 2.05) is 0 Å². The van der Waals surface area contributed by atoms with Crippen molar-refractivity contribution < 1.29 is 14.9 Å². The molecule has 1 aliphatic carbocycles. The highest BCUT2D eigenvalue weighted by Crippen LogP contribution is 2.13. The van der Waals surface area contributed by atoms with Crippen LogP contribution in [-0.4, -0.2) is 18.3 Å². The average Bonchev–Trinajstić information content (AvgIpc) is 1.88. The monoisotopic (exact) mass is 142 g/mol. The lowest BCUT2D eigenvalue weighted by Crippen LogP contribution is -2.08. The van der Waals surface area contributed by atoms with E-state index < -0.39 is 6.10 Å². The molecule has 0 amide bonds. The van der Waals surface area contributed by atoms with Gasteiger partial charge in [0.2, 0.25) is 0 Å². The summed E-state index contributed by atoms with van der Waals surface area (Å²) >= 11 is 0. The molecule has 3 heteroatoms. The molecule has 1 unspecified atom stereocenters. The van der Waals surface area contributed by atoms with Crippen molar-refractivity contribution in [3.8, 4) is 0 Å². The third-order valence-corrected chi connectivity index (χ3v) is 1.22. The van der Waals surface area contributed by atoms with E-state index in [2.05, 4.69) is 4.89 Å². The predicted molar refractivity (Wildman–Crippen MR) is 35.9 cm³/mol. The van der Waals surface area contributed by atoms with Crippen molar-refractivity contribution in [2.75, 3.05) is 7.11 Å². The standard InChI is InChI=1S/C7H10O3/c1-9-10-7-4-2-3-6(8)5-7/h2-4,6,8H,5H2,1H3. The molecule has 3 nitrogen and oxygen atoms in total. The van der Waals surface area contributed by atoms with Gasteiger partial charge in [-0.2, -0.15) is 4.89 Å². The quantitative estimate of drug-likeness (QED) is 0.457. The van der Waals surface area contributed by atoms with E-state index in [1.54, 1.807) is 18.2 Å². The Kier molecular flexibility index (Phi) is 2.48. The van der Waals surface area contributed by atoms with Crippen molar-refractivity contribution >= 4 is 0 Å². The molecule has 0 heterocycles. The molecule has 10 heavy (non-hydrogen) atoms. The van der Waals surface area contributed by atoms with Gasteiger partial charge in [-0.1, -0.05) is 12.2 Å². The molecule has 0 radical (unpaired) electrons. The van der Waals surface area contributed by atoms with Gasteiger partial charge >= 0.3 is 0 Å². The maximum atomic E-state index is 9.04. The summed E-state index contributed by atoms with van der Waals surface area (Å²) in [6, 6.07) is 0. The Hall–Kier alpha value is -0.800. The van der Waals surface area contributed by atoms with Crippen molar-refractivity contribution in [3.63, 3.8) is 0 Å². The van der Waals surface area contributed by atoms with Crippen LogP contribution in [0.2, 0.25) is 0 Å². The number of rotatable bonds is 2. The van der Waals surface area contributed by atoms with Gasteiger partial charge in [-0.3, -0.25) is 0 Å². The van der Waals surface area contributed by atoms with Crippen LogP contribution in [0.1, 0.15) is 6.42 Å². The first-order chi connectivity index (χ1) is 4.83. The van der Waals surface area contributed by atoms with Crippen LogP contribution in [0.3, 0.4) is 0 Å².